The Bertz CT molecular complexity index is 355. The molecule has 1 saturated heterocycles. The van der Waals surface area contributed by atoms with Crippen LogP contribution in [-0.4, -0.2) is 31.1 Å². The largest absolute Gasteiger partial charge is 0.464 e. The van der Waals surface area contributed by atoms with Crippen LogP contribution in [0.1, 0.15) is 57.1 Å². The Morgan fingerprint density at radius 3 is 2.63 bits per heavy atom. The van der Waals surface area contributed by atoms with E-state index in [4.69, 9.17) is 4.42 Å². The average molecular weight is 264 g/mol. The monoisotopic (exact) mass is 264 g/mol. The molecule has 1 aromatic heterocycles. The molecule has 2 heterocycles. The summed E-state index contributed by atoms with van der Waals surface area (Å²) in [6.45, 7) is 8.90. The Balaban J connectivity index is 2.03. The molecule has 0 unspecified atom stereocenters. The maximum Gasteiger partial charge on any atom is 0.121 e. The summed E-state index contributed by atoms with van der Waals surface area (Å²) in [6, 6.07) is 4.82. The zero-order chi connectivity index (χ0) is 13.5. The van der Waals surface area contributed by atoms with Crippen molar-refractivity contribution in [3.8, 4) is 0 Å². The molecule has 0 amide bonds. The molecule has 3 nitrogen and oxygen atoms in total. The van der Waals surface area contributed by atoms with Crippen molar-refractivity contribution in [3.63, 3.8) is 0 Å². The van der Waals surface area contributed by atoms with Crippen molar-refractivity contribution in [2.75, 3.05) is 26.2 Å². The average Bonchev–Trinajstić information content (AvgIpc) is 2.93. The lowest BCUT2D eigenvalue weighted by molar-refractivity contribution is 0.143. The van der Waals surface area contributed by atoms with Crippen LogP contribution in [0.3, 0.4) is 0 Å². The van der Waals surface area contributed by atoms with Crippen LogP contribution in [-0.2, 0) is 6.42 Å². The van der Waals surface area contributed by atoms with E-state index in [0.717, 1.165) is 38.4 Å². The Labute approximate surface area is 117 Å². The van der Waals surface area contributed by atoms with Gasteiger partial charge in [-0.25, -0.2) is 0 Å². The Hall–Kier alpha value is -0.800. The van der Waals surface area contributed by atoms with Gasteiger partial charge in [0.1, 0.15) is 11.5 Å². The third-order valence-electron chi connectivity index (χ3n) is 4.03. The third kappa shape index (κ3) is 4.08. The summed E-state index contributed by atoms with van der Waals surface area (Å²) >= 11 is 0. The molecular formula is C16H28N2O. The molecule has 1 N–H and O–H groups in total. The predicted molar refractivity (Wildman–Crippen MR) is 79.4 cm³/mol. The first-order valence-electron chi connectivity index (χ1n) is 7.88. The summed E-state index contributed by atoms with van der Waals surface area (Å²) in [4.78, 5) is 2.59. The molecule has 1 atom stereocenters. The molecule has 108 valence electrons. The molecule has 0 spiro atoms. The van der Waals surface area contributed by atoms with E-state index in [1.54, 1.807) is 0 Å². The van der Waals surface area contributed by atoms with Gasteiger partial charge in [-0.05, 0) is 18.6 Å². The molecule has 1 aliphatic rings. The van der Waals surface area contributed by atoms with Crippen LogP contribution in [0.4, 0.5) is 0 Å². The summed E-state index contributed by atoms with van der Waals surface area (Å²) in [5.74, 6) is 2.29. The molecule has 0 aromatic carbocycles. The van der Waals surface area contributed by atoms with E-state index in [0.29, 0.717) is 6.04 Å². The molecule has 0 saturated carbocycles. The summed E-state index contributed by atoms with van der Waals surface area (Å²) in [7, 11) is 0. The second-order valence-electron chi connectivity index (χ2n) is 5.46. The Morgan fingerprint density at radius 1 is 1.21 bits per heavy atom. The van der Waals surface area contributed by atoms with Gasteiger partial charge in [-0.1, -0.05) is 33.1 Å². The number of unbranched alkanes of at least 4 members (excludes halogenated alkanes) is 2. The van der Waals surface area contributed by atoms with Crippen LogP contribution in [0.5, 0.6) is 0 Å². The van der Waals surface area contributed by atoms with Crippen molar-refractivity contribution in [3.05, 3.63) is 23.7 Å². The van der Waals surface area contributed by atoms with Crippen molar-refractivity contribution in [2.24, 2.45) is 0 Å². The second kappa shape index (κ2) is 7.71. The molecule has 1 fully saturated rings. The highest BCUT2D eigenvalue weighted by Gasteiger charge is 2.24. The van der Waals surface area contributed by atoms with Crippen LogP contribution in [0.25, 0.3) is 0 Å². The SMILES string of the molecule is CCCCC[C@@H](c1ccc(CC)o1)N1CCNCC1. The molecule has 1 aromatic rings. The quantitative estimate of drug-likeness (QED) is 0.765. The maximum atomic E-state index is 6.02. The molecule has 2 rings (SSSR count). The number of furan rings is 1. The van der Waals surface area contributed by atoms with Gasteiger partial charge in [0.25, 0.3) is 0 Å². The molecule has 1 aliphatic heterocycles. The highest BCUT2D eigenvalue weighted by atomic mass is 16.3. The first-order chi connectivity index (χ1) is 9.35. The van der Waals surface area contributed by atoms with E-state index >= 15 is 0 Å². The van der Waals surface area contributed by atoms with Gasteiger partial charge < -0.3 is 9.73 Å². The van der Waals surface area contributed by atoms with Gasteiger partial charge in [-0.2, -0.15) is 0 Å². The van der Waals surface area contributed by atoms with Crippen LogP contribution in [0.15, 0.2) is 16.5 Å². The fourth-order valence-corrected chi connectivity index (χ4v) is 2.85. The van der Waals surface area contributed by atoms with Crippen molar-refractivity contribution < 1.29 is 4.42 Å². The van der Waals surface area contributed by atoms with Crippen LogP contribution in [0.2, 0.25) is 0 Å². The molecule has 0 bridgehead atoms. The molecule has 0 aliphatic carbocycles. The van der Waals surface area contributed by atoms with E-state index in [9.17, 15) is 0 Å². The lowest BCUT2D eigenvalue weighted by Crippen LogP contribution is -2.45. The zero-order valence-corrected chi connectivity index (χ0v) is 12.5. The minimum Gasteiger partial charge on any atom is -0.464 e. The second-order valence-corrected chi connectivity index (χ2v) is 5.46. The van der Waals surface area contributed by atoms with Crippen molar-refractivity contribution in [1.82, 2.24) is 10.2 Å². The van der Waals surface area contributed by atoms with Crippen molar-refractivity contribution >= 4 is 0 Å². The van der Waals surface area contributed by atoms with Gasteiger partial charge >= 0.3 is 0 Å². The van der Waals surface area contributed by atoms with Crippen molar-refractivity contribution in [2.45, 2.75) is 52.0 Å². The number of hydrogen-bond acceptors (Lipinski definition) is 3. The molecule has 0 radical (unpaired) electrons. The highest BCUT2D eigenvalue weighted by Crippen LogP contribution is 2.28. The van der Waals surface area contributed by atoms with Crippen LogP contribution in [0, 0.1) is 0 Å². The minimum atomic E-state index is 0.481. The predicted octanol–water partition coefficient (Wildman–Crippen LogP) is 3.37. The minimum absolute atomic E-state index is 0.481. The molecule has 19 heavy (non-hydrogen) atoms. The van der Waals surface area contributed by atoms with Gasteiger partial charge in [0.05, 0.1) is 6.04 Å². The highest BCUT2D eigenvalue weighted by molar-refractivity contribution is 5.11. The van der Waals surface area contributed by atoms with E-state index in [1.807, 2.05) is 0 Å². The summed E-state index contributed by atoms with van der Waals surface area (Å²) < 4.78 is 6.02. The van der Waals surface area contributed by atoms with Gasteiger partial charge in [-0.3, -0.25) is 4.90 Å². The number of rotatable bonds is 7. The number of hydrogen-bond donors (Lipinski definition) is 1. The Kier molecular flexibility index (Phi) is 5.93. The van der Waals surface area contributed by atoms with Gasteiger partial charge in [0, 0.05) is 32.6 Å². The Morgan fingerprint density at radius 2 is 2.00 bits per heavy atom. The first-order valence-corrected chi connectivity index (χ1v) is 7.88. The lowest BCUT2D eigenvalue weighted by Gasteiger charge is -2.34. The summed E-state index contributed by atoms with van der Waals surface area (Å²) in [5, 5.41) is 3.43. The number of nitrogens with zero attached hydrogens (tertiary/aromatic N) is 1. The van der Waals surface area contributed by atoms with E-state index in [-0.39, 0.29) is 0 Å². The van der Waals surface area contributed by atoms with E-state index < -0.39 is 0 Å². The number of piperazine rings is 1. The van der Waals surface area contributed by atoms with E-state index in [1.165, 1.54) is 31.4 Å². The first kappa shape index (κ1) is 14.6. The fraction of sp³-hybridized carbons (Fsp3) is 0.750. The molecular weight excluding hydrogens is 236 g/mol. The maximum absolute atomic E-state index is 6.02. The smallest absolute Gasteiger partial charge is 0.121 e. The van der Waals surface area contributed by atoms with Crippen molar-refractivity contribution in [1.29, 1.82) is 0 Å². The van der Waals surface area contributed by atoms with Gasteiger partial charge in [0.15, 0.2) is 0 Å². The van der Waals surface area contributed by atoms with Crippen LogP contribution < -0.4 is 5.32 Å². The standard InChI is InChI=1S/C16H28N2O/c1-3-5-6-7-15(18-12-10-17-11-13-18)16-9-8-14(4-2)19-16/h8-9,15,17H,3-7,10-13H2,1-2H3/t15-/m0/s1. The van der Waals surface area contributed by atoms with Gasteiger partial charge in [-0.15, -0.1) is 0 Å². The van der Waals surface area contributed by atoms with Gasteiger partial charge in [0.2, 0.25) is 0 Å². The number of nitrogens with one attached hydrogen (secondary N) is 1. The molecule has 3 heteroatoms. The normalized spacial score (nSPS) is 18.6. The topological polar surface area (TPSA) is 28.4 Å². The summed E-state index contributed by atoms with van der Waals surface area (Å²) in [5.41, 5.74) is 0. The van der Waals surface area contributed by atoms with Crippen LogP contribution >= 0.6 is 0 Å². The van der Waals surface area contributed by atoms with E-state index in [2.05, 4.69) is 36.2 Å². The third-order valence-corrected chi connectivity index (χ3v) is 4.03. The fourth-order valence-electron chi connectivity index (χ4n) is 2.85. The summed E-state index contributed by atoms with van der Waals surface area (Å²) in [6.07, 6.45) is 6.12. The lowest BCUT2D eigenvalue weighted by atomic mass is 10.0. The zero-order valence-electron chi connectivity index (χ0n) is 12.5. The number of aryl methyl sites for hydroxylation is 1.